The molecule has 1 aromatic heterocycles. The van der Waals surface area contributed by atoms with E-state index in [4.69, 9.17) is 11.6 Å². The quantitative estimate of drug-likeness (QED) is 0.866. The van der Waals surface area contributed by atoms with Crippen LogP contribution in [0.1, 0.15) is 23.8 Å². The van der Waals surface area contributed by atoms with Crippen LogP contribution in [0.5, 0.6) is 0 Å². The molecule has 0 saturated carbocycles. The summed E-state index contributed by atoms with van der Waals surface area (Å²) in [6.45, 7) is 4.00. The molecule has 2 atom stereocenters. The van der Waals surface area contributed by atoms with Crippen LogP contribution in [0.25, 0.3) is 10.6 Å². The molecule has 1 aromatic carbocycles. The summed E-state index contributed by atoms with van der Waals surface area (Å²) in [5.74, 6) is 0.363. The third kappa shape index (κ3) is 4.23. The highest BCUT2D eigenvalue weighted by Crippen LogP contribution is 2.30. The fourth-order valence-electron chi connectivity index (χ4n) is 2.56. The predicted molar refractivity (Wildman–Crippen MR) is 97.7 cm³/mol. The summed E-state index contributed by atoms with van der Waals surface area (Å²) in [5.41, 5.74) is 1.32. The molecule has 1 saturated heterocycles. The molecule has 0 radical (unpaired) electrons. The van der Waals surface area contributed by atoms with Gasteiger partial charge in [0.15, 0.2) is 0 Å². The molecule has 0 aliphatic carbocycles. The maximum atomic E-state index is 12.4. The summed E-state index contributed by atoms with van der Waals surface area (Å²) < 4.78 is 0. The van der Waals surface area contributed by atoms with E-state index in [-0.39, 0.29) is 24.4 Å². The number of hydrogen-bond acceptors (Lipinski definition) is 4. The number of benzene rings is 1. The number of nitrogens with zero attached hydrogens (tertiary/aromatic N) is 1. The lowest BCUT2D eigenvalue weighted by molar-refractivity contribution is 0.0911. The molecule has 0 bridgehead atoms. The lowest BCUT2D eigenvalue weighted by Crippen LogP contribution is -2.50. The van der Waals surface area contributed by atoms with Crippen LogP contribution in [0.3, 0.4) is 0 Å². The van der Waals surface area contributed by atoms with Crippen LogP contribution in [-0.2, 0) is 0 Å². The van der Waals surface area contributed by atoms with Crippen molar-refractivity contribution in [2.75, 3.05) is 13.1 Å². The van der Waals surface area contributed by atoms with Gasteiger partial charge in [-0.3, -0.25) is 4.79 Å². The van der Waals surface area contributed by atoms with Crippen LogP contribution in [0.2, 0.25) is 5.02 Å². The van der Waals surface area contributed by atoms with E-state index >= 15 is 0 Å². The molecule has 4 nitrogen and oxygen atoms in total. The zero-order valence-electron chi connectivity index (χ0n) is 12.7. The Morgan fingerprint density at radius 1 is 1.43 bits per heavy atom. The van der Waals surface area contributed by atoms with E-state index in [9.17, 15) is 4.79 Å². The lowest BCUT2D eigenvalue weighted by atomic mass is 9.95. The minimum atomic E-state index is -0.116. The molecule has 1 amide bonds. The first-order valence-corrected chi connectivity index (χ1v) is 8.63. The summed E-state index contributed by atoms with van der Waals surface area (Å²) in [6, 6.07) is 7.69. The summed E-state index contributed by atoms with van der Waals surface area (Å²) in [4.78, 5) is 16.8. The second-order valence-corrected chi connectivity index (χ2v) is 6.83. The third-order valence-corrected chi connectivity index (χ3v) is 5.19. The zero-order chi connectivity index (χ0) is 15.5. The number of nitrogens with one attached hydrogen (secondary N) is 2. The van der Waals surface area contributed by atoms with E-state index in [0.717, 1.165) is 30.1 Å². The Kier molecular flexibility index (Phi) is 6.41. The van der Waals surface area contributed by atoms with E-state index in [0.29, 0.717) is 16.6 Å². The molecule has 1 aliphatic heterocycles. The Morgan fingerprint density at radius 2 is 2.22 bits per heavy atom. The highest BCUT2D eigenvalue weighted by molar-refractivity contribution is 7.13. The van der Waals surface area contributed by atoms with Gasteiger partial charge in [0.1, 0.15) is 10.7 Å². The van der Waals surface area contributed by atoms with Crippen molar-refractivity contribution in [3.63, 3.8) is 0 Å². The normalized spacial score (nSPS) is 20.6. The number of hydrogen-bond donors (Lipinski definition) is 2. The van der Waals surface area contributed by atoms with Gasteiger partial charge in [-0.1, -0.05) is 36.7 Å². The number of amides is 1. The molecular formula is C16H19Cl2N3OS. The van der Waals surface area contributed by atoms with E-state index < -0.39 is 0 Å². The monoisotopic (exact) mass is 371 g/mol. The van der Waals surface area contributed by atoms with E-state index in [1.54, 1.807) is 5.38 Å². The SMILES string of the molecule is CC1CCNCC1NC(=O)c1csc(-c2ccccc2Cl)n1.Cl. The van der Waals surface area contributed by atoms with Crippen LogP contribution < -0.4 is 10.6 Å². The zero-order valence-corrected chi connectivity index (χ0v) is 15.1. The molecule has 2 heterocycles. The topological polar surface area (TPSA) is 54.0 Å². The molecule has 2 N–H and O–H groups in total. The average molecular weight is 372 g/mol. The van der Waals surface area contributed by atoms with Crippen molar-refractivity contribution in [2.45, 2.75) is 19.4 Å². The highest BCUT2D eigenvalue weighted by Gasteiger charge is 2.24. The Balaban J connectivity index is 0.00000192. The summed E-state index contributed by atoms with van der Waals surface area (Å²) in [5, 5.41) is 9.59. The molecule has 1 fully saturated rings. The minimum Gasteiger partial charge on any atom is -0.346 e. The Morgan fingerprint density at radius 3 is 2.96 bits per heavy atom. The van der Waals surface area contributed by atoms with Crippen LogP contribution in [-0.4, -0.2) is 30.0 Å². The fraction of sp³-hybridized carbons (Fsp3) is 0.375. The first-order valence-electron chi connectivity index (χ1n) is 7.37. The molecule has 1 aliphatic rings. The summed E-state index contributed by atoms with van der Waals surface area (Å²) in [7, 11) is 0. The second-order valence-electron chi connectivity index (χ2n) is 5.57. The smallest absolute Gasteiger partial charge is 0.271 e. The summed E-state index contributed by atoms with van der Waals surface area (Å²) in [6.07, 6.45) is 1.08. The van der Waals surface area contributed by atoms with E-state index in [1.165, 1.54) is 11.3 Å². The largest absolute Gasteiger partial charge is 0.346 e. The van der Waals surface area contributed by atoms with Gasteiger partial charge < -0.3 is 10.6 Å². The van der Waals surface area contributed by atoms with Gasteiger partial charge in [-0.25, -0.2) is 4.98 Å². The fourth-order valence-corrected chi connectivity index (χ4v) is 3.68. The molecule has 7 heteroatoms. The van der Waals surface area contributed by atoms with Gasteiger partial charge in [0.25, 0.3) is 5.91 Å². The lowest BCUT2D eigenvalue weighted by Gasteiger charge is -2.29. The number of carbonyl (C=O) groups is 1. The Labute approximate surface area is 151 Å². The maximum absolute atomic E-state index is 12.4. The number of aromatic nitrogens is 1. The van der Waals surface area contributed by atoms with Crippen molar-refractivity contribution in [3.05, 3.63) is 40.4 Å². The van der Waals surface area contributed by atoms with Crippen LogP contribution in [0.15, 0.2) is 29.6 Å². The third-order valence-electron chi connectivity index (χ3n) is 3.99. The number of carbonyl (C=O) groups excluding carboxylic acids is 1. The number of halogens is 2. The number of piperidine rings is 1. The Hall–Kier alpha value is -1.14. The predicted octanol–water partition coefficient (Wildman–Crippen LogP) is 3.61. The van der Waals surface area contributed by atoms with Crippen LogP contribution in [0.4, 0.5) is 0 Å². The van der Waals surface area contributed by atoms with Crippen molar-refractivity contribution in [1.82, 2.24) is 15.6 Å². The molecular weight excluding hydrogens is 353 g/mol. The van der Waals surface area contributed by atoms with E-state index in [1.807, 2.05) is 24.3 Å². The molecule has 0 spiro atoms. The van der Waals surface area contributed by atoms with Crippen molar-refractivity contribution in [2.24, 2.45) is 5.92 Å². The van der Waals surface area contributed by atoms with Crippen molar-refractivity contribution >= 4 is 41.3 Å². The first kappa shape index (κ1) is 18.2. The van der Waals surface area contributed by atoms with Gasteiger partial charge in [0.2, 0.25) is 0 Å². The molecule has 124 valence electrons. The maximum Gasteiger partial charge on any atom is 0.271 e. The summed E-state index contributed by atoms with van der Waals surface area (Å²) >= 11 is 7.62. The van der Waals surface area contributed by atoms with Gasteiger partial charge in [0, 0.05) is 23.5 Å². The Bertz CT molecular complexity index is 677. The van der Waals surface area contributed by atoms with Crippen LogP contribution >= 0.6 is 35.3 Å². The van der Waals surface area contributed by atoms with Gasteiger partial charge >= 0.3 is 0 Å². The van der Waals surface area contributed by atoms with Crippen molar-refractivity contribution in [3.8, 4) is 10.6 Å². The van der Waals surface area contributed by atoms with Crippen molar-refractivity contribution in [1.29, 1.82) is 0 Å². The van der Waals surface area contributed by atoms with Crippen molar-refractivity contribution < 1.29 is 4.79 Å². The van der Waals surface area contributed by atoms with Gasteiger partial charge in [-0.2, -0.15) is 0 Å². The minimum absolute atomic E-state index is 0. The highest BCUT2D eigenvalue weighted by atomic mass is 35.5. The number of rotatable bonds is 3. The van der Waals surface area contributed by atoms with Gasteiger partial charge in [-0.15, -0.1) is 23.7 Å². The first-order chi connectivity index (χ1) is 10.6. The molecule has 23 heavy (non-hydrogen) atoms. The average Bonchev–Trinajstić information content (AvgIpc) is 3.00. The molecule has 2 unspecified atom stereocenters. The van der Waals surface area contributed by atoms with E-state index in [2.05, 4.69) is 22.5 Å². The van der Waals surface area contributed by atoms with Crippen LogP contribution in [0, 0.1) is 5.92 Å². The second kappa shape index (κ2) is 8.11. The van der Waals surface area contributed by atoms with Gasteiger partial charge in [-0.05, 0) is 24.9 Å². The van der Waals surface area contributed by atoms with Gasteiger partial charge in [0.05, 0.1) is 5.02 Å². The molecule has 2 aromatic rings. The standard InChI is InChI=1S/C16H18ClN3OS.ClH/c1-10-6-7-18-8-13(10)19-15(21)14-9-22-16(20-14)11-4-2-3-5-12(11)17;/h2-5,9-10,13,18H,6-8H2,1H3,(H,19,21);1H. The number of thiazole rings is 1. The molecule has 3 rings (SSSR count).